The molecule has 0 aromatic carbocycles. The van der Waals surface area contributed by atoms with Crippen LogP contribution in [0.15, 0.2) is 10.2 Å². The van der Waals surface area contributed by atoms with E-state index in [1.165, 1.54) is 0 Å². The van der Waals surface area contributed by atoms with E-state index >= 15 is 0 Å². The summed E-state index contributed by atoms with van der Waals surface area (Å²) in [5.74, 6) is 0. The monoisotopic (exact) mass is 485 g/mol. The molecule has 0 amide bonds. The zero-order valence-corrected chi connectivity index (χ0v) is 15.8. The molecule has 0 spiro atoms. The van der Waals surface area contributed by atoms with E-state index < -0.39 is 0 Å². The Bertz CT molecular complexity index is 330. The average Bonchev–Trinajstić information content (AvgIpc) is 2.66. The number of hydrazone groups is 2. The zero-order valence-electron chi connectivity index (χ0n) is 12.0. The van der Waals surface area contributed by atoms with Gasteiger partial charge in [-0.3, -0.25) is 10.0 Å². The summed E-state index contributed by atoms with van der Waals surface area (Å²) >= 11 is 9.83. The van der Waals surface area contributed by atoms with Crippen LogP contribution in [0.5, 0.6) is 0 Å². The predicted octanol–water partition coefficient (Wildman–Crippen LogP) is 0.0525. The molecule has 9 heteroatoms. The Kier molecular flexibility index (Phi) is 7.38. The molecule has 6 nitrogen and oxygen atoms in total. The van der Waals surface area contributed by atoms with Gasteiger partial charge in [-0.25, -0.2) is 0 Å². The molecule has 2 heterocycles. The smallest absolute Gasteiger partial charge is 0.741 e. The van der Waals surface area contributed by atoms with E-state index in [9.17, 15) is 0 Å². The summed E-state index contributed by atoms with van der Waals surface area (Å²) in [4.78, 5) is 3.91. The van der Waals surface area contributed by atoms with E-state index in [1.54, 1.807) is 0 Å². The van der Waals surface area contributed by atoms with Crippen molar-refractivity contribution >= 4 is 35.6 Å². The Hall–Kier alpha value is -0.280. The minimum Gasteiger partial charge on any atom is -0.741 e. The minimum absolute atomic E-state index is 0. The summed E-state index contributed by atoms with van der Waals surface area (Å²) in [6.45, 7) is 4.12. The normalized spacial score (nSPS) is 25.6. The van der Waals surface area contributed by atoms with Crippen molar-refractivity contribution in [1.82, 2.24) is 19.8 Å². The van der Waals surface area contributed by atoms with Crippen LogP contribution in [0.25, 0.3) is 0 Å². The molecule has 2 rings (SSSR count). The molecule has 0 radical (unpaired) electrons. The molecule has 2 unspecified atom stereocenters. The van der Waals surface area contributed by atoms with Gasteiger partial charge in [0.15, 0.2) is 0 Å². The molecule has 2 aliphatic rings. The van der Waals surface area contributed by atoms with Crippen molar-refractivity contribution in [2.45, 2.75) is 26.2 Å². The molecule has 0 aromatic rings. The van der Waals surface area contributed by atoms with Crippen molar-refractivity contribution in [3.8, 4) is 0 Å². The Balaban J connectivity index is 0.000000324. The van der Waals surface area contributed by atoms with Crippen LogP contribution in [0.1, 0.15) is 13.8 Å². The molecular weight excluding hydrogens is 465 g/mol. The SMILES string of the molecule is CC1N(C)N=C([S-])N1C.CC1N(C)N=C([S-])N1C.[Au+3]. The molecule has 0 fully saturated rings. The van der Waals surface area contributed by atoms with Crippen molar-refractivity contribution in [2.75, 3.05) is 28.2 Å². The molecule has 0 saturated carbocycles. The summed E-state index contributed by atoms with van der Waals surface area (Å²) in [6, 6.07) is 0. The van der Waals surface area contributed by atoms with Gasteiger partial charge in [0.2, 0.25) is 0 Å². The Morgan fingerprint density at radius 3 is 1.11 bits per heavy atom. The second-order valence-corrected chi connectivity index (χ2v) is 5.13. The standard InChI is InChI=1S/2C5H11N3S.Au/c2*1-4-7(2)5(9)6-8(4)3;/h2*4H,1-3H3,(H,6,9);/q;;+3/p-2. The molecule has 112 valence electrons. The molecule has 0 aromatic heterocycles. The number of hydrogen-bond acceptors (Lipinski definition) is 8. The number of nitrogens with zero attached hydrogens (tertiary/aromatic N) is 6. The molecule has 19 heavy (non-hydrogen) atoms. The Morgan fingerprint density at radius 2 is 1.05 bits per heavy atom. The fraction of sp³-hybridized carbons (Fsp3) is 0.800. The van der Waals surface area contributed by atoms with Gasteiger partial charge in [0, 0.05) is 38.5 Å². The number of rotatable bonds is 0. The maximum absolute atomic E-state index is 4.91. The largest absolute Gasteiger partial charge is 3.00 e. The van der Waals surface area contributed by atoms with Crippen LogP contribution in [0, 0.1) is 0 Å². The molecule has 0 aliphatic carbocycles. The first-order valence-corrected chi connectivity index (χ1v) is 6.50. The van der Waals surface area contributed by atoms with Crippen LogP contribution in [-0.2, 0) is 47.6 Å². The Morgan fingerprint density at radius 1 is 0.789 bits per heavy atom. The molecule has 2 aliphatic heterocycles. The van der Waals surface area contributed by atoms with Gasteiger partial charge in [0.1, 0.15) is 12.3 Å². The maximum atomic E-state index is 4.91. The van der Waals surface area contributed by atoms with Crippen molar-refractivity contribution in [3.63, 3.8) is 0 Å². The van der Waals surface area contributed by atoms with Gasteiger partial charge in [-0.2, -0.15) is 10.2 Å². The summed E-state index contributed by atoms with van der Waals surface area (Å²) in [7, 11) is 7.72. The van der Waals surface area contributed by atoms with Crippen molar-refractivity contribution in [2.24, 2.45) is 10.2 Å². The van der Waals surface area contributed by atoms with E-state index in [2.05, 4.69) is 24.1 Å². The number of hydrogen-bond donors (Lipinski definition) is 0. The minimum atomic E-state index is 0. The summed E-state index contributed by atoms with van der Waals surface area (Å²) in [5.41, 5.74) is 0. The number of amidine groups is 2. The van der Waals surface area contributed by atoms with Gasteiger partial charge in [-0.1, -0.05) is 0 Å². The van der Waals surface area contributed by atoms with Crippen LogP contribution in [-0.4, -0.2) is 70.7 Å². The quantitative estimate of drug-likeness (QED) is 0.357. The van der Waals surface area contributed by atoms with Crippen LogP contribution in [0.4, 0.5) is 0 Å². The van der Waals surface area contributed by atoms with Crippen LogP contribution in [0.3, 0.4) is 0 Å². The molecule has 0 saturated heterocycles. The first kappa shape index (κ1) is 18.7. The van der Waals surface area contributed by atoms with Crippen LogP contribution in [0.2, 0.25) is 0 Å². The third-order valence-electron chi connectivity index (χ3n) is 3.29. The van der Waals surface area contributed by atoms with Crippen LogP contribution >= 0.6 is 0 Å². The first-order valence-electron chi connectivity index (χ1n) is 5.68. The molecule has 0 bridgehead atoms. The van der Waals surface area contributed by atoms with Gasteiger partial charge < -0.3 is 35.1 Å². The topological polar surface area (TPSA) is 37.7 Å². The third kappa shape index (κ3) is 4.35. The van der Waals surface area contributed by atoms with Gasteiger partial charge in [0.05, 0.1) is 0 Å². The van der Waals surface area contributed by atoms with Gasteiger partial charge in [-0.15, -0.1) is 0 Å². The van der Waals surface area contributed by atoms with Crippen LogP contribution < -0.4 is 0 Å². The van der Waals surface area contributed by atoms with Gasteiger partial charge in [0.25, 0.3) is 0 Å². The van der Waals surface area contributed by atoms with E-state index in [0.29, 0.717) is 22.7 Å². The second kappa shape index (κ2) is 7.49. The van der Waals surface area contributed by atoms with E-state index in [1.807, 2.05) is 48.0 Å². The third-order valence-corrected chi connectivity index (χ3v) is 4.03. The first-order chi connectivity index (χ1) is 8.25. The van der Waals surface area contributed by atoms with Gasteiger partial charge >= 0.3 is 22.4 Å². The average molecular weight is 485 g/mol. The van der Waals surface area contributed by atoms with E-state index in [0.717, 1.165) is 0 Å². The summed E-state index contributed by atoms with van der Waals surface area (Å²) in [6.07, 6.45) is 0.634. The van der Waals surface area contributed by atoms with E-state index in [4.69, 9.17) is 25.3 Å². The molecular formula is C10H20AuN6S2+. The maximum Gasteiger partial charge on any atom is 3.00 e. The van der Waals surface area contributed by atoms with Gasteiger partial charge in [-0.05, 0) is 13.8 Å². The van der Waals surface area contributed by atoms with Crippen molar-refractivity contribution in [3.05, 3.63) is 0 Å². The predicted molar refractivity (Wildman–Crippen MR) is 79.6 cm³/mol. The van der Waals surface area contributed by atoms with Crippen molar-refractivity contribution < 1.29 is 22.4 Å². The van der Waals surface area contributed by atoms with E-state index in [-0.39, 0.29) is 22.4 Å². The molecule has 2 atom stereocenters. The fourth-order valence-electron chi connectivity index (χ4n) is 1.40. The second-order valence-electron chi connectivity index (χ2n) is 4.40. The fourth-order valence-corrected chi connectivity index (χ4v) is 1.96. The summed E-state index contributed by atoms with van der Waals surface area (Å²) < 4.78 is 0. The van der Waals surface area contributed by atoms with Crippen molar-refractivity contribution in [1.29, 1.82) is 0 Å². The summed E-state index contributed by atoms with van der Waals surface area (Å²) in [5, 5.41) is 13.1. The molecule has 0 N–H and O–H groups in total. The Labute approximate surface area is 142 Å². The zero-order chi connectivity index (χ0) is 14.0.